The van der Waals surface area contributed by atoms with Crippen molar-refractivity contribution in [3.05, 3.63) is 28.2 Å². The molecule has 0 atom stereocenters. The van der Waals surface area contributed by atoms with Gasteiger partial charge in [0.15, 0.2) is 0 Å². The molecule has 1 rings (SSSR count). The summed E-state index contributed by atoms with van der Waals surface area (Å²) in [5.74, 6) is 0. The highest BCUT2D eigenvalue weighted by atomic mass is 79.9. The summed E-state index contributed by atoms with van der Waals surface area (Å²) in [5, 5.41) is 3.38. The Kier molecular flexibility index (Phi) is 3.38. The summed E-state index contributed by atoms with van der Waals surface area (Å²) in [7, 11) is 0. The molecule has 0 fully saturated rings. The Balaban J connectivity index is 2.89. The van der Waals surface area contributed by atoms with Crippen molar-refractivity contribution in [2.24, 2.45) is 0 Å². The molecule has 0 aliphatic heterocycles. The van der Waals surface area contributed by atoms with Gasteiger partial charge in [-0.25, -0.2) is 0 Å². The lowest BCUT2D eigenvalue weighted by atomic mass is 10.3. The van der Waals surface area contributed by atoms with Crippen LogP contribution in [0.25, 0.3) is 0 Å². The van der Waals surface area contributed by atoms with Gasteiger partial charge in [0.05, 0.1) is 10.0 Å². The van der Waals surface area contributed by atoms with Gasteiger partial charge in [0.1, 0.15) is 0 Å². The largest absolute Gasteiger partial charge is 0.316 e. The molecule has 0 aromatic heterocycles. The zero-order valence-corrected chi connectivity index (χ0v) is 8.87. The van der Waals surface area contributed by atoms with Gasteiger partial charge in [-0.2, -0.15) is 0 Å². The fourth-order valence-corrected chi connectivity index (χ4v) is 1.21. The molecule has 1 aromatic rings. The van der Waals surface area contributed by atoms with E-state index in [-0.39, 0.29) is 4.82 Å². The topological polar surface area (TPSA) is 29.1 Å². The zero-order chi connectivity index (χ0) is 9.14. The zero-order valence-electron chi connectivity index (χ0n) is 5.77. The van der Waals surface area contributed by atoms with E-state index in [1.807, 2.05) is 0 Å². The second kappa shape index (κ2) is 4.12. The molecule has 0 saturated carbocycles. The molecule has 0 radical (unpaired) electrons. The van der Waals surface area contributed by atoms with Crippen molar-refractivity contribution in [3.63, 3.8) is 0 Å². The van der Waals surface area contributed by atoms with Crippen LogP contribution < -0.4 is 5.32 Å². The number of benzene rings is 1. The molecule has 5 heteroatoms. The van der Waals surface area contributed by atoms with Crippen molar-refractivity contribution in [2.75, 3.05) is 5.32 Å². The summed E-state index contributed by atoms with van der Waals surface area (Å²) in [6, 6.07) is 4.85. The Morgan fingerprint density at radius 2 is 2.00 bits per heavy atom. The molecule has 0 bridgehead atoms. The first-order valence-electron chi connectivity index (χ1n) is 3.01. The van der Waals surface area contributed by atoms with E-state index >= 15 is 0 Å². The number of amides is 1. The van der Waals surface area contributed by atoms with Gasteiger partial charge in [0.25, 0.3) is 4.82 Å². The van der Waals surface area contributed by atoms with Crippen LogP contribution in [0.3, 0.4) is 0 Å². The number of hydrogen-bond donors (Lipinski definition) is 1. The first kappa shape index (κ1) is 9.84. The Bertz CT molecular complexity index is 316. The van der Waals surface area contributed by atoms with Crippen LogP contribution in [0.1, 0.15) is 0 Å². The van der Waals surface area contributed by atoms with Crippen molar-refractivity contribution in [1.29, 1.82) is 0 Å². The Labute approximate surface area is 88.0 Å². The molecular weight excluding hydrogens is 265 g/mol. The lowest BCUT2D eigenvalue weighted by Gasteiger charge is -2.01. The van der Waals surface area contributed by atoms with E-state index in [9.17, 15) is 4.79 Å². The van der Waals surface area contributed by atoms with Gasteiger partial charge in [-0.05, 0) is 18.2 Å². The van der Waals surface area contributed by atoms with E-state index < -0.39 is 0 Å². The normalized spacial score (nSPS) is 9.58. The summed E-state index contributed by atoms with van der Waals surface area (Å²) in [6.45, 7) is 0. The minimum atomic E-state index is -0.319. The average molecular weight is 269 g/mol. The fourth-order valence-electron chi connectivity index (χ4n) is 0.687. The number of rotatable bonds is 1. The van der Waals surface area contributed by atoms with Gasteiger partial charge in [-0.1, -0.05) is 23.2 Å². The Morgan fingerprint density at radius 3 is 2.50 bits per heavy atom. The van der Waals surface area contributed by atoms with E-state index in [0.717, 1.165) is 0 Å². The quantitative estimate of drug-likeness (QED) is 0.607. The maximum absolute atomic E-state index is 10.5. The standard InChI is InChI=1S/C7H4BrCl2NO/c8-7(12)11-4-1-2-5(9)6(10)3-4/h1-3H,(H,11,12). The van der Waals surface area contributed by atoms with Crippen LogP contribution in [0.4, 0.5) is 10.5 Å². The minimum Gasteiger partial charge on any atom is -0.316 e. The second-order valence-corrected chi connectivity index (χ2v) is 3.56. The van der Waals surface area contributed by atoms with Crippen LogP contribution in [0, 0.1) is 0 Å². The fraction of sp³-hybridized carbons (Fsp3) is 0. The number of halogens is 3. The maximum atomic E-state index is 10.5. The van der Waals surface area contributed by atoms with Gasteiger partial charge in [-0.15, -0.1) is 0 Å². The number of hydrogen-bond acceptors (Lipinski definition) is 1. The summed E-state index contributed by atoms with van der Waals surface area (Å²) in [6.07, 6.45) is 0. The molecule has 2 nitrogen and oxygen atoms in total. The smallest absolute Gasteiger partial charge is 0.291 e. The van der Waals surface area contributed by atoms with Crippen LogP contribution in [0.5, 0.6) is 0 Å². The SMILES string of the molecule is O=C(Br)Nc1ccc(Cl)c(Cl)c1. The highest BCUT2D eigenvalue weighted by Crippen LogP contribution is 2.25. The average Bonchev–Trinajstić information content (AvgIpc) is 1.96. The minimum absolute atomic E-state index is 0.319. The molecular formula is C7H4BrCl2NO. The summed E-state index contributed by atoms with van der Waals surface area (Å²) in [5.41, 5.74) is 0.603. The van der Waals surface area contributed by atoms with E-state index in [2.05, 4.69) is 21.2 Å². The van der Waals surface area contributed by atoms with E-state index in [1.54, 1.807) is 18.2 Å². The van der Waals surface area contributed by atoms with Crippen LogP contribution in [-0.2, 0) is 0 Å². The third-order valence-electron chi connectivity index (χ3n) is 1.16. The Hall–Kier alpha value is -0.250. The van der Waals surface area contributed by atoms with E-state index in [4.69, 9.17) is 23.2 Å². The highest BCUT2D eigenvalue weighted by molar-refractivity contribution is 9.18. The van der Waals surface area contributed by atoms with Crippen LogP contribution in [0.2, 0.25) is 10.0 Å². The van der Waals surface area contributed by atoms with Gasteiger partial charge >= 0.3 is 0 Å². The van der Waals surface area contributed by atoms with Crippen molar-refractivity contribution < 1.29 is 4.79 Å². The molecule has 1 aromatic carbocycles. The summed E-state index contributed by atoms with van der Waals surface area (Å²) >= 11 is 14.1. The third kappa shape index (κ3) is 2.66. The molecule has 0 heterocycles. The van der Waals surface area contributed by atoms with Gasteiger partial charge in [0.2, 0.25) is 0 Å². The molecule has 0 unspecified atom stereocenters. The maximum Gasteiger partial charge on any atom is 0.291 e. The second-order valence-electron chi connectivity index (χ2n) is 2.03. The monoisotopic (exact) mass is 267 g/mol. The number of carbonyl (C=O) groups is 1. The van der Waals surface area contributed by atoms with Gasteiger partial charge in [0, 0.05) is 21.6 Å². The molecule has 0 aliphatic carbocycles. The van der Waals surface area contributed by atoms with E-state index in [1.165, 1.54) is 0 Å². The predicted octanol–water partition coefficient (Wildman–Crippen LogP) is 3.92. The first-order valence-corrected chi connectivity index (χ1v) is 4.56. The van der Waals surface area contributed by atoms with Gasteiger partial charge in [-0.3, -0.25) is 4.79 Å². The first-order chi connectivity index (χ1) is 5.59. The lowest BCUT2D eigenvalue weighted by Crippen LogP contribution is -1.99. The molecule has 0 spiro atoms. The van der Waals surface area contributed by atoms with Gasteiger partial charge < -0.3 is 5.32 Å². The third-order valence-corrected chi connectivity index (χ3v) is 2.10. The molecule has 1 N–H and O–H groups in total. The molecule has 64 valence electrons. The molecule has 0 aliphatic rings. The number of nitrogens with one attached hydrogen (secondary N) is 1. The van der Waals surface area contributed by atoms with Crippen molar-refractivity contribution in [3.8, 4) is 0 Å². The number of carbonyl (C=O) groups excluding carboxylic acids is 1. The van der Waals surface area contributed by atoms with Crippen LogP contribution in [-0.4, -0.2) is 4.82 Å². The predicted molar refractivity (Wildman–Crippen MR) is 54.4 cm³/mol. The molecule has 1 amide bonds. The molecule has 12 heavy (non-hydrogen) atoms. The van der Waals surface area contributed by atoms with Crippen LogP contribution in [0.15, 0.2) is 18.2 Å². The van der Waals surface area contributed by atoms with Crippen molar-refractivity contribution in [2.45, 2.75) is 0 Å². The highest BCUT2D eigenvalue weighted by Gasteiger charge is 2.00. The van der Waals surface area contributed by atoms with Crippen molar-refractivity contribution >= 4 is 49.6 Å². The van der Waals surface area contributed by atoms with Crippen LogP contribution >= 0.6 is 39.1 Å². The van der Waals surface area contributed by atoms with Crippen molar-refractivity contribution in [1.82, 2.24) is 0 Å². The number of anilines is 1. The molecule has 0 saturated heterocycles. The Morgan fingerprint density at radius 1 is 1.33 bits per heavy atom. The van der Waals surface area contributed by atoms with E-state index in [0.29, 0.717) is 15.7 Å². The summed E-state index contributed by atoms with van der Waals surface area (Å²) < 4.78 is 0. The lowest BCUT2D eigenvalue weighted by molar-refractivity contribution is 0.270. The summed E-state index contributed by atoms with van der Waals surface area (Å²) in [4.78, 5) is 10.2.